The van der Waals surface area contributed by atoms with Crippen LogP contribution in [-0.4, -0.2) is 25.0 Å². The van der Waals surface area contributed by atoms with E-state index in [4.69, 9.17) is 20.9 Å². The molecule has 0 atom stereocenters. The van der Waals surface area contributed by atoms with Gasteiger partial charge in [-0.15, -0.1) is 12.4 Å². The number of nitrogens with one attached hydrogen (secondary N) is 1. The first-order valence-electron chi connectivity index (χ1n) is 9.63. The zero-order valence-electron chi connectivity index (χ0n) is 17.2. The Morgan fingerprint density at radius 1 is 0.938 bits per heavy atom. The number of guanidine groups is 1. The summed E-state index contributed by atoms with van der Waals surface area (Å²) in [6.45, 7) is 0.943. The molecule has 0 saturated heterocycles. The van der Waals surface area contributed by atoms with Crippen molar-refractivity contribution in [2.75, 3.05) is 18.5 Å². The van der Waals surface area contributed by atoms with Gasteiger partial charge in [0.1, 0.15) is 17.3 Å². The molecule has 3 aromatic rings. The fourth-order valence-electron chi connectivity index (χ4n) is 2.65. The normalized spacial score (nSPS) is 9.91. The summed E-state index contributed by atoms with van der Waals surface area (Å²) < 4.78 is 24.5. The lowest BCUT2D eigenvalue weighted by Gasteiger charge is -2.12. The van der Waals surface area contributed by atoms with Crippen molar-refractivity contribution in [3.05, 3.63) is 84.2 Å². The van der Waals surface area contributed by atoms with Crippen LogP contribution in [0.3, 0.4) is 0 Å². The number of nitrogens with two attached hydrogens (primary N) is 2. The molecule has 32 heavy (non-hydrogen) atoms. The van der Waals surface area contributed by atoms with Crippen molar-refractivity contribution < 1.29 is 18.7 Å². The highest BCUT2D eigenvalue weighted by Gasteiger charge is 2.11. The van der Waals surface area contributed by atoms with Gasteiger partial charge in [0.15, 0.2) is 11.7 Å². The molecule has 0 bridgehead atoms. The number of para-hydroxylation sites is 2. The quantitative estimate of drug-likeness (QED) is 0.251. The molecule has 0 aliphatic heterocycles. The summed E-state index contributed by atoms with van der Waals surface area (Å²) in [6.07, 6.45) is 0.672. The van der Waals surface area contributed by atoms with Crippen LogP contribution in [0.15, 0.2) is 77.8 Å². The van der Waals surface area contributed by atoms with Crippen molar-refractivity contribution in [2.24, 2.45) is 16.5 Å². The predicted octanol–water partition coefficient (Wildman–Crippen LogP) is 4.33. The lowest BCUT2D eigenvalue weighted by Crippen LogP contribution is -2.23. The molecule has 0 radical (unpaired) electrons. The SMILES string of the molecule is Cl.NC(N)=NCCCOc1ccc(C(=O)Nc2ccccc2Oc2ccc(F)cc2)cc1. The molecule has 0 saturated carbocycles. The second-order valence-electron chi connectivity index (χ2n) is 6.54. The van der Waals surface area contributed by atoms with Crippen molar-refractivity contribution in [1.29, 1.82) is 0 Å². The number of rotatable bonds is 9. The minimum absolute atomic E-state index is 0. The number of hydrogen-bond acceptors (Lipinski definition) is 4. The van der Waals surface area contributed by atoms with Gasteiger partial charge in [-0.1, -0.05) is 12.1 Å². The summed E-state index contributed by atoms with van der Waals surface area (Å²) in [5.74, 6) is 0.957. The summed E-state index contributed by atoms with van der Waals surface area (Å²) in [5.41, 5.74) is 11.5. The van der Waals surface area contributed by atoms with Crippen molar-refractivity contribution in [2.45, 2.75) is 6.42 Å². The fraction of sp³-hybridized carbons (Fsp3) is 0.130. The van der Waals surface area contributed by atoms with E-state index < -0.39 is 0 Å². The fourth-order valence-corrected chi connectivity index (χ4v) is 2.65. The number of amides is 1. The van der Waals surface area contributed by atoms with Crippen molar-refractivity contribution >= 4 is 30.0 Å². The highest BCUT2D eigenvalue weighted by molar-refractivity contribution is 6.05. The monoisotopic (exact) mass is 458 g/mol. The second kappa shape index (κ2) is 12.2. The molecule has 7 nitrogen and oxygen atoms in total. The number of benzene rings is 3. The molecule has 3 aromatic carbocycles. The molecule has 3 rings (SSSR count). The third-order valence-electron chi connectivity index (χ3n) is 4.16. The van der Waals surface area contributed by atoms with E-state index >= 15 is 0 Å². The first-order valence-corrected chi connectivity index (χ1v) is 9.63. The number of ether oxygens (including phenoxy) is 2. The van der Waals surface area contributed by atoms with Crippen LogP contribution in [0.5, 0.6) is 17.2 Å². The molecule has 0 aliphatic carbocycles. The van der Waals surface area contributed by atoms with E-state index in [1.807, 2.05) is 0 Å². The maximum absolute atomic E-state index is 13.1. The Balaban J connectivity index is 0.00000363. The molecule has 0 heterocycles. The van der Waals surface area contributed by atoms with Crippen molar-refractivity contribution in [1.82, 2.24) is 0 Å². The summed E-state index contributed by atoms with van der Waals surface area (Å²) in [5, 5.41) is 2.83. The number of aliphatic imine (C=N–C) groups is 1. The van der Waals surface area contributed by atoms with Gasteiger partial charge >= 0.3 is 0 Å². The lowest BCUT2D eigenvalue weighted by atomic mass is 10.2. The van der Waals surface area contributed by atoms with Gasteiger partial charge in [0.2, 0.25) is 0 Å². The van der Waals surface area contributed by atoms with Crippen LogP contribution in [0.1, 0.15) is 16.8 Å². The van der Waals surface area contributed by atoms with Crippen LogP contribution in [0.25, 0.3) is 0 Å². The van der Waals surface area contributed by atoms with Crippen LogP contribution in [0, 0.1) is 5.82 Å². The van der Waals surface area contributed by atoms with E-state index in [2.05, 4.69) is 10.3 Å². The Morgan fingerprint density at radius 2 is 1.59 bits per heavy atom. The molecule has 5 N–H and O–H groups in total. The van der Waals surface area contributed by atoms with E-state index in [-0.39, 0.29) is 30.1 Å². The van der Waals surface area contributed by atoms with Gasteiger partial charge in [-0.3, -0.25) is 9.79 Å². The Kier molecular flexibility index (Phi) is 9.31. The topological polar surface area (TPSA) is 112 Å². The van der Waals surface area contributed by atoms with Crippen LogP contribution < -0.4 is 26.3 Å². The first kappa shape index (κ1) is 24.5. The minimum atomic E-state index is -0.352. The average Bonchev–Trinajstić information content (AvgIpc) is 2.76. The first-order chi connectivity index (χ1) is 15.0. The molecule has 0 aliphatic rings. The maximum atomic E-state index is 13.1. The van der Waals surface area contributed by atoms with Gasteiger partial charge in [0.25, 0.3) is 5.91 Å². The number of carbonyl (C=O) groups is 1. The Morgan fingerprint density at radius 3 is 2.28 bits per heavy atom. The number of nitrogens with zero attached hydrogens (tertiary/aromatic N) is 1. The predicted molar refractivity (Wildman–Crippen MR) is 125 cm³/mol. The second-order valence-corrected chi connectivity index (χ2v) is 6.54. The van der Waals surface area contributed by atoms with Gasteiger partial charge in [-0.25, -0.2) is 4.39 Å². The third-order valence-corrected chi connectivity index (χ3v) is 4.16. The molecule has 9 heteroatoms. The summed E-state index contributed by atoms with van der Waals surface area (Å²) >= 11 is 0. The molecule has 0 aromatic heterocycles. The van der Waals surface area contributed by atoms with Gasteiger partial charge in [0.05, 0.1) is 12.3 Å². The zero-order valence-corrected chi connectivity index (χ0v) is 18.0. The molecule has 1 amide bonds. The molecule has 0 unspecified atom stereocenters. The van der Waals surface area contributed by atoms with Crippen molar-refractivity contribution in [3.63, 3.8) is 0 Å². The van der Waals surface area contributed by atoms with Gasteiger partial charge in [0, 0.05) is 18.5 Å². The smallest absolute Gasteiger partial charge is 0.255 e. The maximum Gasteiger partial charge on any atom is 0.255 e. The van der Waals surface area contributed by atoms with E-state index in [0.29, 0.717) is 48.1 Å². The van der Waals surface area contributed by atoms with Crippen LogP contribution >= 0.6 is 12.4 Å². The Hall–Kier alpha value is -3.78. The molecule has 168 valence electrons. The van der Waals surface area contributed by atoms with E-state index in [1.54, 1.807) is 48.5 Å². The summed E-state index contributed by atoms with van der Waals surface area (Å²) in [6, 6.07) is 19.4. The molecule has 0 spiro atoms. The standard InChI is InChI=1S/C23H23FN4O3.ClH/c24-17-8-12-19(13-9-17)31-21-5-2-1-4-20(21)28-22(29)16-6-10-18(11-7-16)30-15-3-14-27-23(25)26;/h1-2,4-13H,3,14-15H2,(H,28,29)(H4,25,26,27);1H. The van der Waals surface area contributed by atoms with Gasteiger partial charge < -0.3 is 26.3 Å². The van der Waals surface area contributed by atoms with Gasteiger partial charge in [-0.2, -0.15) is 0 Å². The largest absolute Gasteiger partial charge is 0.494 e. The highest BCUT2D eigenvalue weighted by atomic mass is 35.5. The Bertz CT molecular complexity index is 1040. The van der Waals surface area contributed by atoms with E-state index in [1.165, 1.54) is 24.3 Å². The summed E-state index contributed by atoms with van der Waals surface area (Å²) in [4.78, 5) is 16.5. The number of hydrogen-bond donors (Lipinski definition) is 3. The Labute approximate surface area is 191 Å². The van der Waals surface area contributed by atoms with Crippen LogP contribution in [0.4, 0.5) is 10.1 Å². The number of carbonyl (C=O) groups excluding carboxylic acids is 1. The zero-order chi connectivity index (χ0) is 22.1. The molecular formula is C23H24ClFN4O3. The van der Waals surface area contributed by atoms with Crippen LogP contribution in [0.2, 0.25) is 0 Å². The lowest BCUT2D eigenvalue weighted by molar-refractivity contribution is 0.102. The molecular weight excluding hydrogens is 435 g/mol. The van der Waals surface area contributed by atoms with E-state index in [9.17, 15) is 9.18 Å². The molecule has 0 fully saturated rings. The average molecular weight is 459 g/mol. The van der Waals surface area contributed by atoms with Crippen LogP contribution in [-0.2, 0) is 0 Å². The van der Waals surface area contributed by atoms with Crippen molar-refractivity contribution in [3.8, 4) is 17.2 Å². The minimum Gasteiger partial charge on any atom is -0.494 e. The number of halogens is 2. The summed E-state index contributed by atoms with van der Waals surface area (Å²) in [7, 11) is 0. The number of anilines is 1. The van der Waals surface area contributed by atoms with Gasteiger partial charge in [-0.05, 0) is 60.7 Å². The highest BCUT2D eigenvalue weighted by Crippen LogP contribution is 2.29. The third kappa shape index (κ3) is 7.48. The van der Waals surface area contributed by atoms with E-state index in [0.717, 1.165) is 0 Å².